The summed E-state index contributed by atoms with van der Waals surface area (Å²) in [5.41, 5.74) is 0.0531. The Labute approximate surface area is 120 Å². The van der Waals surface area contributed by atoms with Crippen molar-refractivity contribution in [3.05, 3.63) is 36.4 Å². The van der Waals surface area contributed by atoms with Gasteiger partial charge in [0, 0.05) is 18.2 Å². The molecule has 116 valence electrons. The Hall–Kier alpha value is -2.18. The van der Waals surface area contributed by atoms with Gasteiger partial charge in [-0.25, -0.2) is 0 Å². The van der Waals surface area contributed by atoms with Gasteiger partial charge in [0.25, 0.3) is 5.91 Å². The summed E-state index contributed by atoms with van der Waals surface area (Å²) in [4.78, 5) is 12.9. The van der Waals surface area contributed by atoms with E-state index in [1.54, 1.807) is 0 Å². The van der Waals surface area contributed by atoms with Crippen LogP contribution in [0.3, 0.4) is 0 Å². The molecule has 0 heterocycles. The minimum atomic E-state index is -4.48. The lowest BCUT2D eigenvalue weighted by Crippen LogP contribution is -2.39. The summed E-state index contributed by atoms with van der Waals surface area (Å²) in [6, 6.07) is 4.24. The Morgan fingerprint density at radius 3 is 2.14 bits per heavy atom. The van der Waals surface area contributed by atoms with E-state index in [0.717, 1.165) is 0 Å². The fourth-order valence-corrected chi connectivity index (χ4v) is 1.71. The van der Waals surface area contributed by atoms with Gasteiger partial charge < -0.3 is 14.4 Å². The summed E-state index contributed by atoms with van der Waals surface area (Å²) < 4.78 is 47.5. The lowest BCUT2D eigenvalue weighted by atomic mass is 10.1. The molecular weight excluding hydrogens is 287 g/mol. The van der Waals surface area contributed by atoms with E-state index in [1.165, 1.54) is 38.5 Å². The molecule has 0 radical (unpaired) electrons. The molecular formula is C14H16F3NO3. The Morgan fingerprint density at radius 2 is 1.76 bits per heavy atom. The first-order chi connectivity index (χ1) is 9.80. The topological polar surface area (TPSA) is 38.8 Å². The quantitative estimate of drug-likeness (QED) is 0.759. The molecule has 21 heavy (non-hydrogen) atoms. The molecule has 0 saturated carbocycles. The van der Waals surface area contributed by atoms with Crippen LogP contribution < -0.4 is 9.47 Å². The van der Waals surface area contributed by atoms with E-state index in [2.05, 4.69) is 6.58 Å². The fraction of sp³-hybridized carbons (Fsp3) is 0.357. The number of carbonyl (C=O) groups excluding carboxylic acids is 1. The van der Waals surface area contributed by atoms with Crippen LogP contribution in [0.4, 0.5) is 13.2 Å². The van der Waals surface area contributed by atoms with Gasteiger partial charge in [-0.1, -0.05) is 6.08 Å². The van der Waals surface area contributed by atoms with Gasteiger partial charge in [0.15, 0.2) is 0 Å². The van der Waals surface area contributed by atoms with Crippen LogP contribution in [0, 0.1) is 0 Å². The molecule has 7 heteroatoms. The van der Waals surface area contributed by atoms with Gasteiger partial charge in [-0.3, -0.25) is 4.79 Å². The summed E-state index contributed by atoms with van der Waals surface area (Å²) in [6.07, 6.45) is -3.25. The molecule has 0 atom stereocenters. The number of hydrogen-bond acceptors (Lipinski definition) is 3. The fourth-order valence-electron chi connectivity index (χ4n) is 1.71. The molecule has 1 amide bonds. The van der Waals surface area contributed by atoms with E-state index < -0.39 is 18.6 Å². The highest BCUT2D eigenvalue weighted by molar-refractivity contribution is 5.95. The van der Waals surface area contributed by atoms with Gasteiger partial charge >= 0.3 is 6.18 Å². The van der Waals surface area contributed by atoms with Gasteiger partial charge in [-0.15, -0.1) is 6.58 Å². The molecule has 0 aliphatic carbocycles. The zero-order chi connectivity index (χ0) is 16.0. The van der Waals surface area contributed by atoms with Crippen LogP contribution in [0.5, 0.6) is 11.5 Å². The van der Waals surface area contributed by atoms with E-state index >= 15 is 0 Å². The number of carbonyl (C=O) groups is 1. The zero-order valence-corrected chi connectivity index (χ0v) is 11.7. The second kappa shape index (κ2) is 7.01. The largest absolute Gasteiger partial charge is 0.497 e. The van der Waals surface area contributed by atoms with Crippen molar-refractivity contribution in [1.82, 2.24) is 4.90 Å². The Bertz CT molecular complexity index is 492. The average Bonchev–Trinajstić information content (AvgIpc) is 2.44. The van der Waals surface area contributed by atoms with Gasteiger partial charge in [-0.2, -0.15) is 13.2 Å². The Balaban J connectivity index is 3.10. The maximum Gasteiger partial charge on any atom is 0.406 e. The number of nitrogens with zero attached hydrogens (tertiary/aromatic N) is 1. The highest BCUT2D eigenvalue weighted by Crippen LogP contribution is 2.24. The minimum Gasteiger partial charge on any atom is -0.497 e. The third kappa shape index (κ3) is 5.02. The third-order valence-electron chi connectivity index (χ3n) is 2.61. The molecule has 0 bridgehead atoms. The molecule has 0 saturated heterocycles. The molecule has 0 N–H and O–H groups in total. The summed E-state index contributed by atoms with van der Waals surface area (Å²) in [6.45, 7) is 1.80. The van der Waals surface area contributed by atoms with E-state index in [1.807, 2.05) is 0 Å². The van der Waals surface area contributed by atoms with Crippen LogP contribution in [-0.4, -0.2) is 44.3 Å². The number of ether oxygens (including phenoxy) is 2. The number of rotatable bonds is 6. The molecule has 0 aliphatic rings. The van der Waals surface area contributed by atoms with Crippen LogP contribution >= 0.6 is 0 Å². The van der Waals surface area contributed by atoms with Crippen molar-refractivity contribution < 1.29 is 27.4 Å². The Kier molecular flexibility index (Phi) is 5.63. The number of hydrogen-bond donors (Lipinski definition) is 0. The van der Waals surface area contributed by atoms with Crippen LogP contribution in [0.15, 0.2) is 30.9 Å². The number of benzene rings is 1. The van der Waals surface area contributed by atoms with E-state index in [-0.39, 0.29) is 12.1 Å². The first-order valence-corrected chi connectivity index (χ1v) is 6.00. The molecule has 0 unspecified atom stereocenters. The van der Waals surface area contributed by atoms with Gasteiger partial charge in [0.2, 0.25) is 0 Å². The number of amides is 1. The highest BCUT2D eigenvalue weighted by atomic mass is 19.4. The van der Waals surface area contributed by atoms with Crippen LogP contribution in [-0.2, 0) is 0 Å². The van der Waals surface area contributed by atoms with Crippen LogP contribution in [0.1, 0.15) is 10.4 Å². The molecule has 0 aromatic heterocycles. The zero-order valence-electron chi connectivity index (χ0n) is 11.7. The summed E-state index contributed by atoms with van der Waals surface area (Å²) in [5, 5.41) is 0. The lowest BCUT2D eigenvalue weighted by molar-refractivity contribution is -0.139. The maximum atomic E-state index is 12.5. The van der Waals surface area contributed by atoms with Gasteiger partial charge in [0.05, 0.1) is 14.2 Å². The minimum absolute atomic E-state index is 0.0531. The SMILES string of the molecule is C=CCN(CC(F)(F)F)C(=O)c1cc(OC)cc(OC)c1. The molecule has 1 aromatic carbocycles. The lowest BCUT2D eigenvalue weighted by Gasteiger charge is -2.23. The predicted molar refractivity (Wildman–Crippen MR) is 71.7 cm³/mol. The van der Waals surface area contributed by atoms with Crippen molar-refractivity contribution in [2.45, 2.75) is 6.18 Å². The molecule has 0 aliphatic heterocycles. The third-order valence-corrected chi connectivity index (χ3v) is 2.61. The smallest absolute Gasteiger partial charge is 0.406 e. The van der Waals surface area contributed by atoms with Crippen molar-refractivity contribution in [3.8, 4) is 11.5 Å². The van der Waals surface area contributed by atoms with Gasteiger partial charge in [0.1, 0.15) is 18.0 Å². The second-order valence-corrected chi connectivity index (χ2v) is 4.19. The number of halogens is 3. The molecule has 0 spiro atoms. The van der Waals surface area contributed by atoms with E-state index in [0.29, 0.717) is 16.4 Å². The van der Waals surface area contributed by atoms with Crippen molar-refractivity contribution in [1.29, 1.82) is 0 Å². The van der Waals surface area contributed by atoms with E-state index in [4.69, 9.17) is 9.47 Å². The monoisotopic (exact) mass is 303 g/mol. The maximum absolute atomic E-state index is 12.5. The van der Waals surface area contributed by atoms with Gasteiger partial charge in [-0.05, 0) is 12.1 Å². The Morgan fingerprint density at radius 1 is 1.24 bits per heavy atom. The molecule has 0 fully saturated rings. The summed E-state index contributed by atoms with van der Waals surface area (Å²) in [7, 11) is 2.78. The normalized spacial score (nSPS) is 10.9. The summed E-state index contributed by atoms with van der Waals surface area (Å²) in [5.74, 6) is -0.129. The predicted octanol–water partition coefficient (Wildman–Crippen LogP) is 2.89. The average molecular weight is 303 g/mol. The second-order valence-electron chi connectivity index (χ2n) is 4.19. The van der Waals surface area contributed by atoms with Crippen LogP contribution in [0.25, 0.3) is 0 Å². The first-order valence-electron chi connectivity index (χ1n) is 6.00. The summed E-state index contributed by atoms with van der Waals surface area (Å²) >= 11 is 0. The molecule has 4 nitrogen and oxygen atoms in total. The number of methoxy groups -OCH3 is 2. The molecule has 1 rings (SSSR count). The van der Waals surface area contributed by atoms with Crippen LogP contribution in [0.2, 0.25) is 0 Å². The number of alkyl halides is 3. The highest BCUT2D eigenvalue weighted by Gasteiger charge is 2.33. The van der Waals surface area contributed by atoms with E-state index in [9.17, 15) is 18.0 Å². The van der Waals surface area contributed by atoms with Crippen molar-refractivity contribution in [3.63, 3.8) is 0 Å². The molecule has 1 aromatic rings. The van der Waals surface area contributed by atoms with Crippen molar-refractivity contribution >= 4 is 5.91 Å². The van der Waals surface area contributed by atoms with Crippen molar-refractivity contribution in [2.24, 2.45) is 0 Å². The standard InChI is InChI=1S/C14H16F3NO3/c1-4-5-18(9-14(15,16)17)13(19)10-6-11(20-2)8-12(7-10)21-3/h4,6-8H,1,5,9H2,2-3H3. The van der Waals surface area contributed by atoms with Crippen molar-refractivity contribution in [2.75, 3.05) is 27.3 Å². The first kappa shape index (κ1) is 16.9.